The first kappa shape index (κ1) is 28.1. The maximum atomic E-state index is 13.7. The number of carbonyl (C=O) groups is 3. The van der Waals surface area contributed by atoms with Gasteiger partial charge in [0.15, 0.2) is 9.84 Å². The summed E-state index contributed by atoms with van der Waals surface area (Å²) >= 11 is 6.49. The van der Waals surface area contributed by atoms with Gasteiger partial charge in [0.2, 0.25) is 17.7 Å². The fraction of sp³-hybridized carbons (Fsp3) is 0.654. The Morgan fingerprint density at radius 3 is 2.15 bits per heavy atom. The molecule has 39 heavy (non-hydrogen) atoms. The molecule has 1 aromatic carbocycles. The summed E-state index contributed by atoms with van der Waals surface area (Å²) < 4.78 is 54.4. The number of amides is 3. The molecule has 0 aromatic heterocycles. The smallest absolute Gasteiger partial charge is 0.282 e. The minimum absolute atomic E-state index is 0.00326. The Labute approximate surface area is 231 Å². The van der Waals surface area contributed by atoms with E-state index in [0.717, 1.165) is 23.4 Å². The first-order chi connectivity index (χ1) is 18.2. The molecule has 5 rings (SSSR count). The van der Waals surface area contributed by atoms with Gasteiger partial charge in [-0.05, 0) is 50.8 Å². The lowest BCUT2D eigenvalue weighted by Crippen LogP contribution is -2.60. The van der Waals surface area contributed by atoms with Gasteiger partial charge >= 0.3 is 0 Å². The fourth-order valence-corrected chi connectivity index (χ4v) is 8.16. The molecule has 3 atom stereocenters. The average molecular weight is 587 g/mol. The number of anilines is 1. The molecule has 3 unspecified atom stereocenters. The molecule has 2 saturated carbocycles. The van der Waals surface area contributed by atoms with Crippen LogP contribution in [-0.4, -0.2) is 91.9 Å². The minimum atomic E-state index is -4.04. The number of alkyl halides is 2. The average Bonchev–Trinajstić information content (AvgIpc) is 3.39. The van der Waals surface area contributed by atoms with Crippen LogP contribution in [-0.2, 0) is 24.2 Å². The van der Waals surface area contributed by atoms with Gasteiger partial charge in [-0.1, -0.05) is 11.6 Å². The van der Waals surface area contributed by atoms with Crippen LogP contribution in [0, 0.1) is 11.8 Å². The van der Waals surface area contributed by atoms with Crippen molar-refractivity contribution in [3.05, 3.63) is 23.2 Å². The molecule has 9 nitrogen and oxygen atoms in total. The number of hydrogen-bond donors (Lipinski definition) is 1. The Hall–Kier alpha value is -2.47. The second-order valence-electron chi connectivity index (χ2n) is 11.6. The molecule has 2 aliphatic carbocycles. The van der Waals surface area contributed by atoms with Gasteiger partial charge in [-0.25, -0.2) is 17.2 Å². The van der Waals surface area contributed by atoms with Crippen molar-refractivity contribution in [2.24, 2.45) is 11.8 Å². The van der Waals surface area contributed by atoms with Crippen molar-refractivity contribution in [2.45, 2.75) is 61.1 Å². The summed E-state index contributed by atoms with van der Waals surface area (Å²) in [5.74, 6) is -5.91. The van der Waals surface area contributed by atoms with Crippen molar-refractivity contribution >= 4 is 44.8 Å². The lowest BCUT2D eigenvalue weighted by atomic mass is 9.92. The Bertz CT molecular complexity index is 1290. The number of nitrogens with one attached hydrogen (secondary N) is 1. The van der Waals surface area contributed by atoms with Crippen molar-refractivity contribution in [3.8, 4) is 0 Å². The van der Waals surface area contributed by atoms with E-state index < -0.39 is 57.7 Å². The van der Waals surface area contributed by atoms with Crippen LogP contribution in [0.15, 0.2) is 23.1 Å². The maximum absolute atomic E-state index is 13.7. The van der Waals surface area contributed by atoms with Gasteiger partial charge in [0.25, 0.3) is 5.92 Å². The molecule has 214 valence electrons. The van der Waals surface area contributed by atoms with Crippen LogP contribution in [0.3, 0.4) is 0 Å². The molecule has 0 bridgehead atoms. The van der Waals surface area contributed by atoms with E-state index in [1.54, 1.807) is 17.0 Å². The Kier molecular flexibility index (Phi) is 7.10. The van der Waals surface area contributed by atoms with Gasteiger partial charge in [0.1, 0.15) is 0 Å². The Morgan fingerprint density at radius 1 is 1.00 bits per heavy atom. The highest BCUT2D eigenvalue weighted by Crippen LogP contribution is 2.44. The summed E-state index contributed by atoms with van der Waals surface area (Å²) in [6.07, 6.45) is 1.35. The number of benzene rings is 1. The third-order valence-electron chi connectivity index (χ3n) is 8.51. The standard InChI is InChI=1S/C26H33ClF2N4O5S/c1-16(34)31-7-9-32(10-8-31)17-3-4-22(21(27)11-17)39(37,38)18-12-19(23(35)30-25(2)5-6-25)20(13-18)24(36)33-14-26(28,29)15-33/h3-4,11,18-20H,5-10,12-15H2,1-2H3,(H,30,35). The van der Waals surface area contributed by atoms with Crippen LogP contribution >= 0.6 is 11.6 Å². The van der Waals surface area contributed by atoms with E-state index in [4.69, 9.17) is 11.6 Å². The Balaban J connectivity index is 1.34. The van der Waals surface area contributed by atoms with Crippen molar-refractivity contribution < 1.29 is 31.6 Å². The van der Waals surface area contributed by atoms with Gasteiger partial charge in [0.05, 0.1) is 40.1 Å². The predicted octanol–water partition coefficient (Wildman–Crippen LogP) is 2.32. The molecular weight excluding hydrogens is 554 g/mol. The first-order valence-corrected chi connectivity index (χ1v) is 15.1. The summed E-state index contributed by atoms with van der Waals surface area (Å²) in [4.78, 5) is 42.6. The molecular formula is C26H33ClF2N4O5S. The van der Waals surface area contributed by atoms with Gasteiger partial charge in [-0.2, -0.15) is 0 Å². The Morgan fingerprint density at radius 2 is 1.62 bits per heavy atom. The highest BCUT2D eigenvalue weighted by molar-refractivity contribution is 7.92. The van der Waals surface area contributed by atoms with Crippen LogP contribution < -0.4 is 10.2 Å². The largest absolute Gasteiger partial charge is 0.368 e. The summed E-state index contributed by atoms with van der Waals surface area (Å²) in [7, 11) is -4.04. The molecule has 1 aromatic rings. The molecule has 13 heteroatoms. The summed E-state index contributed by atoms with van der Waals surface area (Å²) in [6, 6.07) is 4.69. The maximum Gasteiger partial charge on any atom is 0.282 e. The number of carbonyl (C=O) groups excluding carboxylic acids is 3. The zero-order valence-corrected chi connectivity index (χ0v) is 23.5. The van der Waals surface area contributed by atoms with Gasteiger partial charge < -0.3 is 20.0 Å². The van der Waals surface area contributed by atoms with E-state index in [2.05, 4.69) is 5.32 Å². The number of rotatable bonds is 6. The van der Waals surface area contributed by atoms with Gasteiger partial charge in [0, 0.05) is 44.3 Å². The van der Waals surface area contributed by atoms with Crippen LogP contribution in [0.4, 0.5) is 14.5 Å². The van der Waals surface area contributed by atoms with E-state index in [-0.39, 0.29) is 34.2 Å². The first-order valence-electron chi connectivity index (χ1n) is 13.2. The third-order valence-corrected chi connectivity index (χ3v) is 11.2. The van der Waals surface area contributed by atoms with E-state index in [9.17, 15) is 31.6 Å². The number of likely N-dealkylation sites (tertiary alicyclic amines) is 1. The van der Waals surface area contributed by atoms with E-state index in [0.29, 0.717) is 26.2 Å². The lowest BCUT2D eigenvalue weighted by molar-refractivity contribution is -0.171. The van der Waals surface area contributed by atoms with Crippen molar-refractivity contribution in [1.29, 1.82) is 0 Å². The highest BCUT2D eigenvalue weighted by atomic mass is 35.5. The number of hydrogen-bond acceptors (Lipinski definition) is 6. The quantitative estimate of drug-likeness (QED) is 0.548. The normalized spacial score (nSPS) is 27.6. The lowest BCUT2D eigenvalue weighted by Gasteiger charge is -2.40. The molecule has 0 spiro atoms. The fourth-order valence-electron chi connectivity index (χ4n) is 5.79. The minimum Gasteiger partial charge on any atom is -0.368 e. The molecule has 1 N–H and O–H groups in total. The molecule has 2 aliphatic heterocycles. The molecule has 0 radical (unpaired) electrons. The van der Waals surface area contributed by atoms with Crippen LogP contribution in [0.25, 0.3) is 0 Å². The van der Waals surface area contributed by atoms with Crippen molar-refractivity contribution in [2.75, 3.05) is 44.2 Å². The summed E-state index contributed by atoms with van der Waals surface area (Å²) in [5.41, 5.74) is 0.357. The zero-order chi connectivity index (χ0) is 28.3. The molecule has 3 amide bonds. The molecule has 2 saturated heterocycles. The zero-order valence-electron chi connectivity index (χ0n) is 22.0. The topological polar surface area (TPSA) is 107 Å². The van der Waals surface area contributed by atoms with Gasteiger partial charge in [-0.3, -0.25) is 14.4 Å². The monoisotopic (exact) mass is 586 g/mol. The van der Waals surface area contributed by atoms with Crippen LogP contribution in [0.2, 0.25) is 5.02 Å². The summed E-state index contributed by atoms with van der Waals surface area (Å²) in [5, 5.41) is 1.89. The van der Waals surface area contributed by atoms with Gasteiger partial charge in [-0.15, -0.1) is 0 Å². The number of piperazine rings is 1. The third kappa shape index (κ3) is 5.59. The van der Waals surface area contributed by atoms with Crippen molar-refractivity contribution in [3.63, 3.8) is 0 Å². The summed E-state index contributed by atoms with van der Waals surface area (Å²) in [6.45, 7) is 4.22. The second kappa shape index (κ2) is 9.87. The highest BCUT2D eigenvalue weighted by Gasteiger charge is 2.54. The van der Waals surface area contributed by atoms with E-state index >= 15 is 0 Å². The van der Waals surface area contributed by atoms with Crippen LogP contribution in [0.1, 0.15) is 39.5 Å². The predicted molar refractivity (Wildman–Crippen MR) is 140 cm³/mol. The van der Waals surface area contributed by atoms with E-state index in [1.807, 2.05) is 11.8 Å². The van der Waals surface area contributed by atoms with Crippen LogP contribution in [0.5, 0.6) is 0 Å². The number of nitrogens with zero attached hydrogens (tertiary/aromatic N) is 3. The SMILES string of the molecule is CC(=O)N1CCN(c2ccc(S(=O)(=O)C3CC(C(=O)NC4(C)CC4)C(C(=O)N4CC(F)(F)C4)C3)c(Cl)c2)CC1. The number of sulfone groups is 1. The molecule has 4 fully saturated rings. The second-order valence-corrected chi connectivity index (χ2v) is 14.2. The molecule has 4 aliphatic rings. The number of halogens is 3. The van der Waals surface area contributed by atoms with Crippen molar-refractivity contribution in [1.82, 2.24) is 15.1 Å². The molecule has 2 heterocycles. The van der Waals surface area contributed by atoms with E-state index in [1.165, 1.54) is 13.0 Å².